The third kappa shape index (κ3) is 3.32. The summed E-state index contributed by atoms with van der Waals surface area (Å²) in [6.45, 7) is 8.48. The van der Waals surface area contributed by atoms with Gasteiger partial charge < -0.3 is 10.2 Å². The first-order valence-electron chi connectivity index (χ1n) is 8.57. The fraction of sp³-hybridized carbons (Fsp3) is 0.684. The summed E-state index contributed by atoms with van der Waals surface area (Å²) in [5.41, 5.74) is 3.42. The Bertz CT molecular complexity index is 480. The van der Waals surface area contributed by atoms with E-state index in [1.807, 2.05) is 0 Å². The SMILES string of the molecule is CN1CCCC(CNC2CCC(C)(C)c3ccccc32)C1. The summed E-state index contributed by atoms with van der Waals surface area (Å²) < 4.78 is 0. The van der Waals surface area contributed by atoms with Gasteiger partial charge in [-0.1, -0.05) is 38.1 Å². The first kappa shape index (κ1) is 15.1. The van der Waals surface area contributed by atoms with Crippen molar-refractivity contribution in [1.29, 1.82) is 0 Å². The van der Waals surface area contributed by atoms with E-state index >= 15 is 0 Å². The summed E-state index contributed by atoms with van der Waals surface area (Å²) in [4.78, 5) is 2.48. The van der Waals surface area contributed by atoms with Crippen LogP contribution in [0.25, 0.3) is 0 Å². The van der Waals surface area contributed by atoms with Crippen LogP contribution in [0.1, 0.15) is 56.7 Å². The molecule has 0 spiro atoms. The molecule has 1 aliphatic carbocycles. The van der Waals surface area contributed by atoms with Gasteiger partial charge >= 0.3 is 0 Å². The predicted molar refractivity (Wildman–Crippen MR) is 89.7 cm³/mol. The van der Waals surface area contributed by atoms with Gasteiger partial charge in [0.25, 0.3) is 0 Å². The molecule has 0 aromatic heterocycles. The smallest absolute Gasteiger partial charge is 0.0323 e. The van der Waals surface area contributed by atoms with E-state index in [2.05, 4.69) is 55.4 Å². The van der Waals surface area contributed by atoms with Gasteiger partial charge in [0, 0.05) is 12.6 Å². The second kappa shape index (κ2) is 6.10. The normalized spacial score (nSPS) is 29.1. The van der Waals surface area contributed by atoms with E-state index in [-0.39, 0.29) is 0 Å². The lowest BCUT2D eigenvalue weighted by atomic mass is 9.71. The molecule has 2 aliphatic rings. The molecule has 116 valence electrons. The minimum atomic E-state index is 0.333. The average molecular weight is 286 g/mol. The van der Waals surface area contributed by atoms with Gasteiger partial charge in [-0.3, -0.25) is 0 Å². The van der Waals surface area contributed by atoms with Gasteiger partial charge in [-0.2, -0.15) is 0 Å². The lowest BCUT2D eigenvalue weighted by Gasteiger charge is -2.38. The van der Waals surface area contributed by atoms with Crippen molar-refractivity contribution < 1.29 is 0 Å². The Morgan fingerprint density at radius 3 is 2.86 bits per heavy atom. The number of fused-ring (bicyclic) bond motifs is 1. The number of benzene rings is 1. The molecular weight excluding hydrogens is 256 g/mol. The van der Waals surface area contributed by atoms with Crippen LogP contribution >= 0.6 is 0 Å². The molecule has 0 saturated carbocycles. The molecule has 2 heteroatoms. The largest absolute Gasteiger partial charge is 0.310 e. The molecule has 1 aromatic rings. The molecule has 1 N–H and O–H groups in total. The predicted octanol–water partition coefficient (Wildman–Crippen LogP) is 3.73. The molecule has 2 nitrogen and oxygen atoms in total. The molecule has 1 saturated heterocycles. The van der Waals surface area contributed by atoms with E-state index in [0.29, 0.717) is 11.5 Å². The average Bonchev–Trinajstić information content (AvgIpc) is 2.47. The standard InChI is InChI=1S/C19H30N2/c1-19(2)11-10-18(16-8-4-5-9-17(16)19)20-13-15-7-6-12-21(3)14-15/h4-5,8-9,15,18,20H,6-7,10-14H2,1-3H3. The number of rotatable bonds is 3. The second-order valence-corrected chi connectivity index (χ2v) is 7.74. The summed E-state index contributed by atoms with van der Waals surface area (Å²) in [7, 11) is 2.25. The molecule has 0 radical (unpaired) electrons. The zero-order valence-corrected chi connectivity index (χ0v) is 13.9. The lowest BCUT2D eigenvalue weighted by Crippen LogP contribution is -2.40. The second-order valence-electron chi connectivity index (χ2n) is 7.74. The van der Waals surface area contributed by atoms with E-state index < -0.39 is 0 Å². The van der Waals surface area contributed by atoms with Crippen LogP contribution in [0.15, 0.2) is 24.3 Å². The van der Waals surface area contributed by atoms with Crippen molar-refractivity contribution in [3.8, 4) is 0 Å². The molecule has 0 amide bonds. The Balaban J connectivity index is 1.67. The van der Waals surface area contributed by atoms with E-state index in [9.17, 15) is 0 Å². The van der Waals surface area contributed by atoms with Gasteiger partial charge in [-0.25, -0.2) is 0 Å². The molecule has 2 atom stereocenters. The molecule has 0 bridgehead atoms. The molecule has 1 aromatic carbocycles. The maximum atomic E-state index is 3.88. The molecule has 1 heterocycles. The number of hydrogen-bond acceptors (Lipinski definition) is 2. The topological polar surface area (TPSA) is 15.3 Å². The maximum Gasteiger partial charge on any atom is 0.0323 e. The minimum Gasteiger partial charge on any atom is -0.310 e. The van der Waals surface area contributed by atoms with E-state index in [4.69, 9.17) is 0 Å². The van der Waals surface area contributed by atoms with Crippen molar-refractivity contribution in [3.63, 3.8) is 0 Å². The first-order valence-corrected chi connectivity index (χ1v) is 8.57. The Labute approximate surface area is 129 Å². The van der Waals surface area contributed by atoms with Crippen molar-refractivity contribution in [2.45, 2.75) is 51.0 Å². The Kier molecular flexibility index (Phi) is 4.37. The summed E-state index contributed by atoms with van der Waals surface area (Å²) in [6.07, 6.45) is 5.30. The number of piperidine rings is 1. The first-order chi connectivity index (χ1) is 10.1. The van der Waals surface area contributed by atoms with Crippen molar-refractivity contribution in [2.24, 2.45) is 5.92 Å². The van der Waals surface area contributed by atoms with Gasteiger partial charge in [0.1, 0.15) is 0 Å². The van der Waals surface area contributed by atoms with Crippen LogP contribution in [0, 0.1) is 5.92 Å². The molecule has 3 rings (SSSR count). The Morgan fingerprint density at radius 2 is 2.05 bits per heavy atom. The third-order valence-corrected chi connectivity index (χ3v) is 5.50. The van der Waals surface area contributed by atoms with Crippen molar-refractivity contribution in [2.75, 3.05) is 26.7 Å². The third-order valence-electron chi connectivity index (χ3n) is 5.50. The highest BCUT2D eigenvalue weighted by Crippen LogP contribution is 2.41. The van der Waals surface area contributed by atoms with Gasteiger partial charge in [0.2, 0.25) is 0 Å². The van der Waals surface area contributed by atoms with Gasteiger partial charge in [0.15, 0.2) is 0 Å². The summed E-state index contributed by atoms with van der Waals surface area (Å²) in [5, 5.41) is 3.88. The highest BCUT2D eigenvalue weighted by molar-refractivity contribution is 5.38. The number of likely N-dealkylation sites (tertiary alicyclic amines) is 1. The fourth-order valence-corrected chi connectivity index (χ4v) is 4.17. The molecule has 2 unspecified atom stereocenters. The summed E-state index contributed by atoms with van der Waals surface area (Å²) in [6, 6.07) is 9.61. The molecular formula is C19H30N2. The zero-order chi connectivity index (χ0) is 14.9. The quantitative estimate of drug-likeness (QED) is 0.911. The van der Waals surface area contributed by atoms with Gasteiger partial charge in [-0.05, 0) is 68.3 Å². The highest BCUT2D eigenvalue weighted by atomic mass is 15.1. The van der Waals surface area contributed by atoms with E-state index in [0.717, 1.165) is 5.92 Å². The van der Waals surface area contributed by atoms with Crippen molar-refractivity contribution >= 4 is 0 Å². The minimum absolute atomic E-state index is 0.333. The van der Waals surface area contributed by atoms with E-state index in [1.165, 1.54) is 50.9 Å². The van der Waals surface area contributed by atoms with E-state index in [1.54, 1.807) is 5.56 Å². The van der Waals surface area contributed by atoms with Crippen LogP contribution in [-0.2, 0) is 5.41 Å². The summed E-state index contributed by atoms with van der Waals surface area (Å²) in [5.74, 6) is 0.825. The number of nitrogens with zero attached hydrogens (tertiary/aromatic N) is 1. The molecule has 1 fully saturated rings. The van der Waals surface area contributed by atoms with Gasteiger partial charge in [0.05, 0.1) is 0 Å². The maximum absolute atomic E-state index is 3.88. The van der Waals surface area contributed by atoms with Crippen LogP contribution in [0.3, 0.4) is 0 Å². The monoisotopic (exact) mass is 286 g/mol. The summed E-state index contributed by atoms with van der Waals surface area (Å²) >= 11 is 0. The van der Waals surface area contributed by atoms with Crippen molar-refractivity contribution in [1.82, 2.24) is 10.2 Å². The highest BCUT2D eigenvalue weighted by Gasteiger charge is 2.32. The Morgan fingerprint density at radius 1 is 1.24 bits per heavy atom. The molecule has 1 aliphatic heterocycles. The van der Waals surface area contributed by atoms with Crippen LogP contribution in [-0.4, -0.2) is 31.6 Å². The molecule has 21 heavy (non-hydrogen) atoms. The zero-order valence-electron chi connectivity index (χ0n) is 13.9. The number of hydrogen-bond donors (Lipinski definition) is 1. The fourth-order valence-electron chi connectivity index (χ4n) is 4.17. The van der Waals surface area contributed by atoms with Gasteiger partial charge in [-0.15, -0.1) is 0 Å². The number of nitrogens with one attached hydrogen (secondary N) is 1. The van der Waals surface area contributed by atoms with Crippen LogP contribution < -0.4 is 5.32 Å². The Hall–Kier alpha value is -0.860. The van der Waals surface area contributed by atoms with Crippen LogP contribution in [0.5, 0.6) is 0 Å². The van der Waals surface area contributed by atoms with Crippen LogP contribution in [0.4, 0.5) is 0 Å². The van der Waals surface area contributed by atoms with Crippen LogP contribution in [0.2, 0.25) is 0 Å². The lowest BCUT2D eigenvalue weighted by molar-refractivity contribution is 0.200. The van der Waals surface area contributed by atoms with Crippen molar-refractivity contribution in [3.05, 3.63) is 35.4 Å².